The molecule has 0 atom stereocenters. The minimum Gasteiger partial charge on any atom is -0.493 e. The number of para-hydroxylation sites is 3. The lowest BCUT2D eigenvalue weighted by atomic mass is 10.0. The van der Waals surface area contributed by atoms with Crippen LogP contribution in [0.2, 0.25) is 0 Å². The number of imidazole rings is 1. The molecular weight excluding hydrogens is 406 g/mol. The summed E-state index contributed by atoms with van der Waals surface area (Å²) in [5.74, 6) is 2.17. The first kappa shape index (κ1) is 21.1. The molecule has 0 spiro atoms. The molecule has 0 aliphatic carbocycles. The monoisotopic (exact) mass is 433 g/mol. The predicted octanol–water partition coefficient (Wildman–Crippen LogP) is 5.62. The second kappa shape index (κ2) is 9.79. The van der Waals surface area contributed by atoms with Gasteiger partial charge in [-0.05, 0) is 47.5 Å². The summed E-state index contributed by atoms with van der Waals surface area (Å²) in [4.78, 5) is 17.8. The summed E-state index contributed by atoms with van der Waals surface area (Å²) < 4.78 is 8.28. The van der Waals surface area contributed by atoms with Crippen LogP contribution in [0.5, 0.6) is 5.75 Å². The van der Waals surface area contributed by atoms with Gasteiger partial charge in [0.25, 0.3) is 5.91 Å². The SMILES string of the molecule is CC(C)c1ccccc1OCCCn1c(CNC(=O)c2cccs2)nc2ccccc21. The molecule has 0 radical (unpaired) electrons. The average Bonchev–Trinajstić information content (AvgIpc) is 3.44. The maximum Gasteiger partial charge on any atom is 0.261 e. The molecule has 31 heavy (non-hydrogen) atoms. The number of thiophene rings is 1. The molecule has 1 N–H and O–H groups in total. The lowest BCUT2D eigenvalue weighted by Crippen LogP contribution is -2.24. The van der Waals surface area contributed by atoms with Crippen molar-refractivity contribution < 1.29 is 9.53 Å². The van der Waals surface area contributed by atoms with Gasteiger partial charge in [0, 0.05) is 6.54 Å². The molecule has 0 bridgehead atoms. The van der Waals surface area contributed by atoms with E-state index in [1.165, 1.54) is 16.9 Å². The molecule has 0 saturated heterocycles. The summed E-state index contributed by atoms with van der Waals surface area (Å²) in [6.07, 6.45) is 0.846. The Morgan fingerprint density at radius 2 is 1.90 bits per heavy atom. The third kappa shape index (κ3) is 4.97. The Bertz CT molecular complexity index is 1150. The minimum atomic E-state index is -0.0674. The van der Waals surface area contributed by atoms with Gasteiger partial charge in [-0.15, -0.1) is 11.3 Å². The molecule has 4 rings (SSSR count). The number of hydrogen-bond acceptors (Lipinski definition) is 4. The van der Waals surface area contributed by atoms with Crippen LogP contribution in [-0.4, -0.2) is 22.1 Å². The van der Waals surface area contributed by atoms with Crippen LogP contribution in [0.1, 0.15) is 47.2 Å². The Balaban J connectivity index is 1.43. The molecule has 0 aliphatic rings. The van der Waals surface area contributed by atoms with E-state index in [1.54, 1.807) is 0 Å². The van der Waals surface area contributed by atoms with Gasteiger partial charge in [0.15, 0.2) is 0 Å². The molecule has 4 aromatic rings. The van der Waals surface area contributed by atoms with Crippen LogP contribution >= 0.6 is 11.3 Å². The van der Waals surface area contributed by atoms with E-state index < -0.39 is 0 Å². The number of aromatic nitrogens is 2. The summed E-state index contributed by atoms with van der Waals surface area (Å²) >= 11 is 1.44. The zero-order chi connectivity index (χ0) is 21.6. The highest BCUT2D eigenvalue weighted by Crippen LogP contribution is 2.26. The fourth-order valence-electron chi connectivity index (χ4n) is 3.66. The van der Waals surface area contributed by atoms with Gasteiger partial charge in [-0.3, -0.25) is 4.79 Å². The standard InChI is InChI=1S/C25H27N3O2S/c1-18(2)19-9-3-6-12-22(19)30-15-8-14-28-21-11-5-4-10-20(21)27-24(28)17-26-25(29)23-13-7-16-31-23/h3-7,9-13,16,18H,8,14-15,17H2,1-2H3,(H,26,29). The highest BCUT2D eigenvalue weighted by Gasteiger charge is 2.13. The third-order valence-electron chi connectivity index (χ3n) is 5.21. The quantitative estimate of drug-likeness (QED) is 0.349. The van der Waals surface area contributed by atoms with E-state index in [-0.39, 0.29) is 5.91 Å². The summed E-state index contributed by atoms with van der Waals surface area (Å²) in [6.45, 7) is 6.14. The van der Waals surface area contributed by atoms with Gasteiger partial charge >= 0.3 is 0 Å². The van der Waals surface area contributed by atoms with Crippen molar-refractivity contribution in [2.24, 2.45) is 0 Å². The van der Waals surface area contributed by atoms with E-state index in [1.807, 2.05) is 47.8 Å². The van der Waals surface area contributed by atoms with Gasteiger partial charge < -0.3 is 14.6 Å². The molecule has 160 valence electrons. The van der Waals surface area contributed by atoms with E-state index in [0.717, 1.165) is 35.6 Å². The largest absolute Gasteiger partial charge is 0.493 e. The molecule has 2 heterocycles. The summed E-state index contributed by atoms with van der Waals surface area (Å²) in [5, 5.41) is 4.90. The lowest BCUT2D eigenvalue weighted by Gasteiger charge is -2.14. The number of carbonyl (C=O) groups is 1. The highest BCUT2D eigenvalue weighted by atomic mass is 32.1. The Kier molecular flexibility index (Phi) is 6.67. The number of fused-ring (bicyclic) bond motifs is 1. The van der Waals surface area contributed by atoms with Crippen LogP contribution < -0.4 is 10.1 Å². The first-order valence-electron chi connectivity index (χ1n) is 10.6. The van der Waals surface area contributed by atoms with Crippen molar-refractivity contribution in [2.75, 3.05) is 6.61 Å². The number of ether oxygens (including phenoxy) is 1. The van der Waals surface area contributed by atoms with E-state index in [0.29, 0.717) is 23.9 Å². The normalized spacial score (nSPS) is 11.2. The van der Waals surface area contributed by atoms with Crippen LogP contribution in [0.3, 0.4) is 0 Å². The van der Waals surface area contributed by atoms with Gasteiger partial charge in [0.2, 0.25) is 0 Å². The maximum absolute atomic E-state index is 12.4. The van der Waals surface area contributed by atoms with Crippen LogP contribution in [0.15, 0.2) is 66.0 Å². The van der Waals surface area contributed by atoms with Gasteiger partial charge in [-0.25, -0.2) is 4.98 Å². The number of carbonyl (C=O) groups excluding carboxylic acids is 1. The summed E-state index contributed by atoms with van der Waals surface area (Å²) in [7, 11) is 0. The van der Waals surface area contributed by atoms with Crippen LogP contribution in [0, 0.1) is 0 Å². The highest BCUT2D eigenvalue weighted by molar-refractivity contribution is 7.12. The van der Waals surface area contributed by atoms with Crippen molar-refractivity contribution in [1.82, 2.24) is 14.9 Å². The molecule has 0 aliphatic heterocycles. The Morgan fingerprint density at radius 3 is 2.71 bits per heavy atom. The first-order chi connectivity index (χ1) is 15.1. The van der Waals surface area contributed by atoms with E-state index in [2.05, 4.69) is 41.9 Å². The lowest BCUT2D eigenvalue weighted by molar-refractivity contribution is 0.0953. The topological polar surface area (TPSA) is 56.1 Å². The minimum absolute atomic E-state index is 0.0674. The molecule has 1 amide bonds. The second-order valence-corrected chi connectivity index (χ2v) is 8.67. The van der Waals surface area contributed by atoms with Crippen LogP contribution in [-0.2, 0) is 13.1 Å². The van der Waals surface area contributed by atoms with Crippen molar-refractivity contribution in [3.63, 3.8) is 0 Å². The Hall–Kier alpha value is -3.12. The van der Waals surface area contributed by atoms with Crippen LogP contribution in [0.25, 0.3) is 11.0 Å². The van der Waals surface area contributed by atoms with Crippen molar-refractivity contribution in [2.45, 2.75) is 39.3 Å². The molecule has 0 saturated carbocycles. The summed E-state index contributed by atoms with van der Waals surface area (Å²) in [5.41, 5.74) is 3.24. The Morgan fingerprint density at radius 1 is 1.10 bits per heavy atom. The second-order valence-electron chi connectivity index (χ2n) is 7.72. The van der Waals surface area contributed by atoms with Crippen molar-refractivity contribution >= 4 is 28.3 Å². The number of nitrogens with one attached hydrogen (secondary N) is 1. The van der Waals surface area contributed by atoms with E-state index in [4.69, 9.17) is 9.72 Å². The fourth-order valence-corrected chi connectivity index (χ4v) is 4.30. The average molecular weight is 434 g/mol. The van der Waals surface area contributed by atoms with Gasteiger partial charge in [-0.1, -0.05) is 50.2 Å². The van der Waals surface area contributed by atoms with Crippen LogP contribution in [0.4, 0.5) is 0 Å². The van der Waals surface area contributed by atoms with Gasteiger partial charge in [0.1, 0.15) is 11.6 Å². The number of hydrogen-bond donors (Lipinski definition) is 1. The zero-order valence-corrected chi connectivity index (χ0v) is 18.7. The molecule has 6 heteroatoms. The van der Waals surface area contributed by atoms with E-state index in [9.17, 15) is 4.79 Å². The molecule has 2 aromatic heterocycles. The number of aryl methyl sites for hydroxylation is 1. The number of nitrogens with zero attached hydrogens (tertiary/aromatic N) is 2. The number of amides is 1. The van der Waals surface area contributed by atoms with E-state index >= 15 is 0 Å². The number of benzene rings is 2. The zero-order valence-electron chi connectivity index (χ0n) is 17.9. The first-order valence-corrected chi connectivity index (χ1v) is 11.5. The third-order valence-corrected chi connectivity index (χ3v) is 6.08. The summed E-state index contributed by atoms with van der Waals surface area (Å²) in [6, 6.07) is 20.0. The predicted molar refractivity (Wildman–Crippen MR) is 126 cm³/mol. The molecule has 0 unspecified atom stereocenters. The van der Waals surface area contributed by atoms with Gasteiger partial charge in [-0.2, -0.15) is 0 Å². The Labute approximate surface area is 186 Å². The maximum atomic E-state index is 12.4. The molecule has 2 aromatic carbocycles. The van der Waals surface area contributed by atoms with Gasteiger partial charge in [0.05, 0.1) is 29.1 Å². The van der Waals surface area contributed by atoms with Crippen molar-refractivity contribution in [1.29, 1.82) is 0 Å². The molecule has 5 nitrogen and oxygen atoms in total. The fraction of sp³-hybridized carbons (Fsp3) is 0.280. The number of rotatable bonds is 9. The van der Waals surface area contributed by atoms with Crippen molar-refractivity contribution in [3.05, 3.63) is 82.3 Å². The smallest absolute Gasteiger partial charge is 0.261 e. The molecule has 0 fully saturated rings. The van der Waals surface area contributed by atoms with Crippen molar-refractivity contribution in [3.8, 4) is 5.75 Å². The molecular formula is C25H27N3O2S.